The Morgan fingerprint density at radius 3 is 2.59 bits per heavy atom. The van der Waals surface area contributed by atoms with E-state index in [1.807, 2.05) is 37.4 Å². The smallest absolute Gasteiger partial charge is 0.191 e. The summed E-state index contributed by atoms with van der Waals surface area (Å²) in [5.41, 5.74) is 0. The quantitative estimate of drug-likeness (QED) is 0.241. The van der Waals surface area contributed by atoms with E-state index >= 15 is 0 Å². The molecule has 1 aromatic rings. The van der Waals surface area contributed by atoms with Gasteiger partial charge in [0.2, 0.25) is 0 Å². The minimum Gasteiger partial charge on any atom is -0.489 e. The van der Waals surface area contributed by atoms with Gasteiger partial charge in [-0.3, -0.25) is 4.99 Å². The molecule has 0 saturated carbocycles. The topological polar surface area (TPSA) is 58.1 Å². The number of rotatable bonds is 9. The van der Waals surface area contributed by atoms with Crippen molar-refractivity contribution in [3.05, 3.63) is 30.3 Å². The second-order valence-electron chi connectivity index (χ2n) is 6.80. The normalized spacial score (nSPS) is 17.1. The second-order valence-corrected chi connectivity index (χ2v) is 6.80. The molecule has 2 N–H and O–H groups in total. The fourth-order valence-electron chi connectivity index (χ4n) is 3.13. The third-order valence-corrected chi connectivity index (χ3v) is 4.61. The highest BCUT2D eigenvalue weighted by Gasteiger charge is 2.19. The number of piperidine rings is 1. The van der Waals surface area contributed by atoms with Crippen molar-refractivity contribution < 1.29 is 9.47 Å². The Bertz CT molecular complexity index is 522. The van der Waals surface area contributed by atoms with Crippen LogP contribution in [0.5, 0.6) is 5.75 Å². The maximum atomic E-state index is 5.90. The molecule has 0 aliphatic carbocycles. The SMILES string of the molecule is CN=C(NCC(C)Oc1ccccc1)NC1CCN(CCCOC)CC1.I. The average Bonchev–Trinajstić information content (AvgIpc) is 2.67. The van der Waals surface area contributed by atoms with E-state index in [1.165, 1.54) is 0 Å². The molecule has 154 valence electrons. The number of nitrogens with one attached hydrogen (secondary N) is 2. The fourth-order valence-corrected chi connectivity index (χ4v) is 3.13. The highest BCUT2D eigenvalue weighted by molar-refractivity contribution is 14.0. The molecule has 27 heavy (non-hydrogen) atoms. The van der Waals surface area contributed by atoms with Crippen LogP contribution in [-0.2, 0) is 4.74 Å². The number of hydrogen-bond acceptors (Lipinski definition) is 4. The Balaban J connectivity index is 0.00000364. The van der Waals surface area contributed by atoms with Gasteiger partial charge >= 0.3 is 0 Å². The van der Waals surface area contributed by atoms with Gasteiger partial charge in [0.15, 0.2) is 5.96 Å². The Kier molecular flexibility index (Phi) is 12.4. The summed E-state index contributed by atoms with van der Waals surface area (Å²) >= 11 is 0. The fraction of sp³-hybridized carbons (Fsp3) is 0.650. The number of para-hydroxylation sites is 1. The molecule has 0 amide bonds. The molecule has 1 saturated heterocycles. The van der Waals surface area contributed by atoms with Crippen molar-refractivity contribution >= 4 is 29.9 Å². The van der Waals surface area contributed by atoms with Gasteiger partial charge in [0.25, 0.3) is 0 Å². The summed E-state index contributed by atoms with van der Waals surface area (Å²) in [6.45, 7) is 7.01. The Morgan fingerprint density at radius 1 is 1.26 bits per heavy atom. The van der Waals surface area contributed by atoms with Gasteiger partial charge in [0, 0.05) is 46.4 Å². The first-order chi connectivity index (χ1) is 12.7. The molecule has 0 radical (unpaired) electrons. The Hall–Kier alpha value is -1.06. The van der Waals surface area contributed by atoms with E-state index < -0.39 is 0 Å². The summed E-state index contributed by atoms with van der Waals surface area (Å²) in [6, 6.07) is 10.4. The van der Waals surface area contributed by atoms with Crippen molar-refractivity contribution in [3.63, 3.8) is 0 Å². The van der Waals surface area contributed by atoms with Crippen molar-refractivity contribution in [1.82, 2.24) is 15.5 Å². The molecule has 1 heterocycles. The molecule has 1 aliphatic rings. The average molecular weight is 490 g/mol. The van der Waals surface area contributed by atoms with Crippen LogP contribution in [0.25, 0.3) is 0 Å². The minimum absolute atomic E-state index is 0. The van der Waals surface area contributed by atoms with Crippen molar-refractivity contribution in [2.24, 2.45) is 4.99 Å². The largest absolute Gasteiger partial charge is 0.489 e. The molecule has 1 aromatic carbocycles. The number of ether oxygens (including phenoxy) is 2. The van der Waals surface area contributed by atoms with Crippen LogP contribution in [0.15, 0.2) is 35.3 Å². The van der Waals surface area contributed by atoms with E-state index in [-0.39, 0.29) is 30.1 Å². The molecule has 2 rings (SSSR count). The van der Waals surface area contributed by atoms with Gasteiger partial charge in [-0.05, 0) is 38.3 Å². The molecule has 6 nitrogen and oxygen atoms in total. The van der Waals surface area contributed by atoms with Crippen molar-refractivity contribution in [1.29, 1.82) is 0 Å². The third-order valence-electron chi connectivity index (χ3n) is 4.61. The Labute approximate surface area is 181 Å². The number of halogens is 1. The first-order valence-corrected chi connectivity index (χ1v) is 9.61. The lowest BCUT2D eigenvalue weighted by molar-refractivity contribution is 0.155. The molecule has 1 aliphatic heterocycles. The van der Waals surface area contributed by atoms with E-state index in [2.05, 4.69) is 27.4 Å². The number of nitrogens with zero attached hydrogens (tertiary/aromatic N) is 2. The molecule has 0 bridgehead atoms. The third kappa shape index (κ3) is 9.62. The van der Waals surface area contributed by atoms with E-state index in [0.717, 1.165) is 57.2 Å². The molecule has 1 fully saturated rings. The number of guanidine groups is 1. The van der Waals surface area contributed by atoms with Crippen LogP contribution in [0.2, 0.25) is 0 Å². The summed E-state index contributed by atoms with van der Waals surface area (Å²) < 4.78 is 11.0. The molecule has 0 aromatic heterocycles. The standard InChI is InChI=1S/C20H34N4O2.HI/c1-17(26-19-8-5-4-6-9-19)16-22-20(21-2)23-18-10-13-24(14-11-18)12-7-15-25-3;/h4-6,8-9,17-18H,7,10-16H2,1-3H3,(H2,21,22,23);1H. The zero-order valence-corrected chi connectivity index (χ0v) is 19.1. The van der Waals surface area contributed by atoms with Gasteiger partial charge < -0.3 is 25.0 Å². The first kappa shape index (κ1) is 24.0. The van der Waals surface area contributed by atoms with Crippen LogP contribution in [0.3, 0.4) is 0 Å². The zero-order chi connectivity index (χ0) is 18.6. The summed E-state index contributed by atoms with van der Waals surface area (Å²) in [5, 5.41) is 6.92. The van der Waals surface area contributed by atoms with Crippen LogP contribution in [0, 0.1) is 0 Å². The molecule has 7 heteroatoms. The Morgan fingerprint density at radius 2 is 1.96 bits per heavy atom. The lowest BCUT2D eigenvalue weighted by atomic mass is 10.1. The first-order valence-electron chi connectivity index (χ1n) is 9.61. The van der Waals surface area contributed by atoms with Gasteiger partial charge in [0.1, 0.15) is 11.9 Å². The van der Waals surface area contributed by atoms with Crippen molar-refractivity contribution in [3.8, 4) is 5.75 Å². The predicted octanol–water partition coefficient (Wildman–Crippen LogP) is 2.74. The van der Waals surface area contributed by atoms with Gasteiger partial charge in [-0.25, -0.2) is 0 Å². The van der Waals surface area contributed by atoms with Gasteiger partial charge in [-0.15, -0.1) is 24.0 Å². The lowest BCUT2D eigenvalue weighted by Crippen LogP contribution is -2.50. The van der Waals surface area contributed by atoms with E-state index in [0.29, 0.717) is 12.6 Å². The highest BCUT2D eigenvalue weighted by Crippen LogP contribution is 2.11. The molecule has 0 spiro atoms. The van der Waals surface area contributed by atoms with Crippen molar-refractivity contribution in [2.45, 2.75) is 38.3 Å². The monoisotopic (exact) mass is 490 g/mol. The summed E-state index contributed by atoms with van der Waals surface area (Å²) in [4.78, 5) is 6.87. The van der Waals surface area contributed by atoms with Gasteiger partial charge in [0.05, 0.1) is 6.54 Å². The van der Waals surface area contributed by atoms with E-state index in [4.69, 9.17) is 9.47 Å². The number of benzene rings is 1. The highest BCUT2D eigenvalue weighted by atomic mass is 127. The summed E-state index contributed by atoms with van der Waals surface area (Å²) in [5.74, 6) is 1.75. The van der Waals surface area contributed by atoms with Crippen LogP contribution in [-0.4, -0.2) is 69.9 Å². The van der Waals surface area contributed by atoms with Gasteiger partial charge in [-0.2, -0.15) is 0 Å². The maximum Gasteiger partial charge on any atom is 0.191 e. The minimum atomic E-state index is 0. The van der Waals surface area contributed by atoms with E-state index in [9.17, 15) is 0 Å². The molecular formula is C20H35IN4O2. The predicted molar refractivity (Wildman–Crippen MR) is 122 cm³/mol. The van der Waals surface area contributed by atoms with Crippen LogP contribution < -0.4 is 15.4 Å². The molecular weight excluding hydrogens is 455 g/mol. The van der Waals surface area contributed by atoms with Crippen LogP contribution in [0.1, 0.15) is 26.2 Å². The number of aliphatic imine (C=N–C) groups is 1. The number of hydrogen-bond donors (Lipinski definition) is 2. The van der Waals surface area contributed by atoms with Crippen LogP contribution >= 0.6 is 24.0 Å². The molecule has 1 atom stereocenters. The molecule has 1 unspecified atom stereocenters. The van der Waals surface area contributed by atoms with Crippen molar-refractivity contribution in [2.75, 3.05) is 46.9 Å². The summed E-state index contributed by atoms with van der Waals surface area (Å²) in [7, 11) is 3.58. The van der Waals surface area contributed by atoms with Crippen LogP contribution in [0.4, 0.5) is 0 Å². The second kappa shape index (κ2) is 14.0. The number of methoxy groups -OCH3 is 1. The maximum absolute atomic E-state index is 5.90. The van der Waals surface area contributed by atoms with Gasteiger partial charge in [-0.1, -0.05) is 18.2 Å². The lowest BCUT2D eigenvalue weighted by Gasteiger charge is -2.33. The summed E-state index contributed by atoms with van der Waals surface area (Å²) in [6.07, 6.45) is 3.46. The number of likely N-dealkylation sites (tertiary alicyclic amines) is 1. The zero-order valence-electron chi connectivity index (χ0n) is 16.8. The van der Waals surface area contributed by atoms with E-state index in [1.54, 1.807) is 7.11 Å².